The summed E-state index contributed by atoms with van der Waals surface area (Å²) < 4.78 is 0. The summed E-state index contributed by atoms with van der Waals surface area (Å²) in [7, 11) is 0. The maximum absolute atomic E-state index is 9.41. The van der Waals surface area contributed by atoms with Crippen molar-refractivity contribution in [1.82, 2.24) is 0 Å². The van der Waals surface area contributed by atoms with E-state index in [2.05, 4.69) is 25.1 Å². The zero-order valence-corrected chi connectivity index (χ0v) is 10.9. The number of aliphatic hydroxyl groups is 2. The SMILES string of the molecule is Cc1ccccc1/C=C/C=C/CCC(O)CCO. The van der Waals surface area contributed by atoms with Crippen LogP contribution >= 0.6 is 0 Å². The van der Waals surface area contributed by atoms with Crippen LogP contribution in [0.3, 0.4) is 0 Å². The maximum atomic E-state index is 9.41. The van der Waals surface area contributed by atoms with Crippen LogP contribution in [0.15, 0.2) is 42.5 Å². The molecule has 0 heterocycles. The van der Waals surface area contributed by atoms with Gasteiger partial charge in [0.1, 0.15) is 0 Å². The average molecular weight is 246 g/mol. The van der Waals surface area contributed by atoms with E-state index in [1.165, 1.54) is 11.1 Å². The zero-order valence-electron chi connectivity index (χ0n) is 10.9. The van der Waals surface area contributed by atoms with E-state index in [-0.39, 0.29) is 12.7 Å². The molecule has 1 rings (SSSR count). The number of allylic oxidation sites excluding steroid dienone is 3. The van der Waals surface area contributed by atoms with Crippen molar-refractivity contribution in [2.24, 2.45) is 0 Å². The zero-order chi connectivity index (χ0) is 13.2. The average Bonchev–Trinajstić information content (AvgIpc) is 2.36. The summed E-state index contributed by atoms with van der Waals surface area (Å²) in [6.45, 7) is 2.15. The Labute approximate surface area is 109 Å². The highest BCUT2D eigenvalue weighted by molar-refractivity contribution is 5.54. The summed E-state index contributed by atoms with van der Waals surface area (Å²) >= 11 is 0. The van der Waals surface area contributed by atoms with E-state index in [0.29, 0.717) is 12.8 Å². The van der Waals surface area contributed by atoms with Crippen LogP contribution in [0.4, 0.5) is 0 Å². The maximum Gasteiger partial charge on any atom is 0.0565 e. The molecule has 0 radical (unpaired) electrons. The van der Waals surface area contributed by atoms with Crippen LogP contribution in [-0.2, 0) is 0 Å². The molecule has 2 heteroatoms. The number of aryl methyl sites for hydroxylation is 1. The van der Waals surface area contributed by atoms with Gasteiger partial charge in [-0.1, -0.05) is 48.6 Å². The predicted octanol–water partition coefficient (Wildman–Crippen LogP) is 3.09. The van der Waals surface area contributed by atoms with Gasteiger partial charge < -0.3 is 10.2 Å². The third-order valence-electron chi connectivity index (χ3n) is 2.84. The van der Waals surface area contributed by atoms with Crippen LogP contribution in [0.25, 0.3) is 6.08 Å². The van der Waals surface area contributed by atoms with E-state index >= 15 is 0 Å². The third kappa shape index (κ3) is 5.80. The van der Waals surface area contributed by atoms with Crippen LogP contribution in [-0.4, -0.2) is 22.9 Å². The molecule has 2 nitrogen and oxygen atoms in total. The van der Waals surface area contributed by atoms with Crippen LogP contribution in [0.2, 0.25) is 0 Å². The highest BCUT2D eigenvalue weighted by Crippen LogP contribution is 2.09. The van der Waals surface area contributed by atoms with Gasteiger partial charge in [-0.25, -0.2) is 0 Å². The number of rotatable bonds is 7. The highest BCUT2D eigenvalue weighted by atomic mass is 16.3. The summed E-state index contributed by atoms with van der Waals surface area (Å²) in [6.07, 6.45) is 9.74. The van der Waals surface area contributed by atoms with Gasteiger partial charge in [-0.2, -0.15) is 0 Å². The first-order chi connectivity index (χ1) is 8.74. The summed E-state index contributed by atoms with van der Waals surface area (Å²) in [6, 6.07) is 8.24. The minimum absolute atomic E-state index is 0.0536. The van der Waals surface area contributed by atoms with Crippen LogP contribution < -0.4 is 0 Å². The van der Waals surface area contributed by atoms with Crippen LogP contribution in [0.1, 0.15) is 30.4 Å². The normalized spacial score (nSPS) is 13.5. The van der Waals surface area contributed by atoms with Crippen molar-refractivity contribution < 1.29 is 10.2 Å². The lowest BCUT2D eigenvalue weighted by Gasteiger charge is -2.05. The smallest absolute Gasteiger partial charge is 0.0565 e. The molecule has 2 N–H and O–H groups in total. The molecule has 98 valence electrons. The molecule has 18 heavy (non-hydrogen) atoms. The van der Waals surface area contributed by atoms with E-state index in [4.69, 9.17) is 5.11 Å². The molecule has 0 aromatic heterocycles. The lowest BCUT2D eigenvalue weighted by molar-refractivity contribution is 0.126. The molecule has 0 fully saturated rings. The molecule has 0 aliphatic rings. The molecule has 0 bridgehead atoms. The van der Waals surface area contributed by atoms with Crippen molar-refractivity contribution in [2.45, 2.75) is 32.3 Å². The quantitative estimate of drug-likeness (QED) is 0.726. The fourth-order valence-corrected chi connectivity index (χ4v) is 1.69. The molecular formula is C16H22O2. The fourth-order valence-electron chi connectivity index (χ4n) is 1.69. The minimum atomic E-state index is -0.389. The summed E-state index contributed by atoms with van der Waals surface area (Å²) in [5, 5.41) is 18.0. The molecular weight excluding hydrogens is 224 g/mol. The molecule has 1 unspecified atom stereocenters. The second-order valence-corrected chi connectivity index (χ2v) is 4.39. The number of aliphatic hydroxyl groups excluding tert-OH is 2. The van der Waals surface area contributed by atoms with Gasteiger partial charge in [0.2, 0.25) is 0 Å². The van der Waals surface area contributed by atoms with E-state index in [9.17, 15) is 5.11 Å². The first-order valence-corrected chi connectivity index (χ1v) is 6.42. The number of hydrogen-bond acceptors (Lipinski definition) is 2. The molecule has 0 amide bonds. The van der Waals surface area contributed by atoms with Gasteiger partial charge in [0.15, 0.2) is 0 Å². The largest absolute Gasteiger partial charge is 0.396 e. The monoisotopic (exact) mass is 246 g/mol. The Hall–Kier alpha value is -1.38. The van der Waals surface area contributed by atoms with Crippen molar-refractivity contribution in [3.8, 4) is 0 Å². The standard InChI is InChI=1S/C16H22O2/c1-14-8-6-7-10-15(14)9-4-2-3-5-11-16(18)12-13-17/h2-4,6-10,16-18H,5,11-13H2,1H3/b3-2+,9-4+. The number of benzene rings is 1. The minimum Gasteiger partial charge on any atom is -0.396 e. The Morgan fingerprint density at radius 1 is 1.17 bits per heavy atom. The Balaban J connectivity index is 2.30. The third-order valence-corrected chi connectivity index (χ3v) is 2.84. The Bertz CT molecular complexity index is 394. The molecule has 0 saturated heterocycles. The van der Waals surface area contributed by atoms with Gasteiger partial charge in [0.05, 0.1) is 6.10 Å². The van der Waals surface area contributed by atoms with Gasteiger partial charge in [-0.05, 0) is 37.3 Å². The van der Waals surface area contributed by atoms with E-state index < -0.39 is 0 Å². The molecule has 0 aliphatic carbocycles. The topological polar surface area (TPSA) is 40.5 Å². The Morgan fingerprint density at radius 3 is 2.67 bits per heavy atom. The molecule has 0 saturated carbocycles. The predicted molar refractivity (Wildman–Crippen MR) is 76.3 cm³/mol. The second kappa shape index (κ2) is 8.67. The number of hydrogen-bond donors (Lipinski definition) is 2. The first-order valence-electron chi connectivity index (χ1n) is 6.42. The van der Waals surface area contributed by atoms with Crippen molar-refractivity contribution in [3.05, 3.63) is 53.6 Å². The van der Waals surface area contributed by atoms with E-state index in [1.54, 1.807) is 0 Å². The second-order valence-electron chi connectivity index (χ2n) is 4.39. The van der Waals surface area contributed by atoms with E-state index in [1.807, 2.05) is 30.4 Å². The highest BCUT2D eigenvalue weighted by Gasteiger charge is 1.99. The van der Waals surface area contributed by atoms with Crippen molar-refractivity contribution in [2.75, 3.05) is 6.61 Å². The van der Waals surface area contributed by atoms with Gasteiger partial charge in [-0.15, -0.1) is 0 Å². The molecule has 0 aliphatic heterocycles. The lowest BCUT2D eigenvalue weighted by atomic mass is 10.1. The molecule has 1 atom stereocenters. The molecule has 1 aromatic rings. The fraction of sp³-hybridized carbons (Fsp3) is 0.375. The Kier molecular flexibility index (Phi) is 7.07. The summed E-state index contributed by atoms with van der Waals surface area (Å²) in [5.41, 5.74) is 2.49. The van der Waals surface area contributed by atoms with Gasteiger partial charge >= 0.3 is 0 Å². The summed E-state index contributed by atoms with van der Waals surface area (Å²) in [5.74, 6) is 0. The van der Waals surface area contributed by atoms with E-state index in [0.717, 1.165) is 6.42 Å². The van der Waals surface area contributed by atoms with Gasteiger partial charge in [0.25, 0.3) is 0 Å². The Morgan fingerprint density at radius 2 is 1.94 bits per heavy atom. The van der Waals surface area contributed by atoms with Crippen LogP contribution in [0.5, 0.6) is 0 Å². The first kappa shape index (κ1) is 14.7. The lowest BCUT2D eigenvalue weighted by Crippen LogP contribution is -2.07. The van der Waals surface area contributed by atoms with Crippen molar-refractivity contribution >= 4 is 6.08 Å². The van der Waals surface area contributed by atoms with Crippen molar-refractivity contribution in [3.63, 3.8) is 0 Å². The molecule has 1 aromatic carbocycles. The summed E-state index contributed by atoms with van der Waals surface area (Å²) in [4.78, 5) is 0. The van der Waals surface area contributed by atoms with Crippen LogP contribution in [0, 0.1) is 6.92 Å². The van der Waals surface area contributed by atoms with Gasteiger partial charge in [-0.3, -0.25) is 0 Å². The van der Waals surface area contributed by atoms with Crippen molar-refractivity contribution in [1.29, 1.82) is 0 Å². The molecule has 0 spiro atoms. The van der Waals surface area contributed by atoms with Gasteiger partial charge in [0, 0.05) is 6.61 Å².